The smallest absolute Gasteiger partial charge is 0.257 e. The fraction of sp³-hybridized carbons (Fsp3) is 0.364. The van der Waals surface area contributed by atoms with Gasteiger partial charge in [0.2, 0.25) is 6.79 Å². The van der Waals surface area contributed by atoms with Crippen molar-refractivity contribution in [3.63, 3.8) is 0 Å². The first kappa shape index (κ1) is 18.1. The molecule has 7 heteroatoms. The third-order valence-corrected chi connectivity index (χ3v) is 5.66. The van der Waals surface area contributed by atoms with E-state index in [1.807, 2.05) is 24.3 Å². The van der Waals surface area contributed by atoms with Crippen LogP contribution < -0.4 is 9.47 Å². The van der Waals surface area contributed by atoms with Crippen molar-refractivity contribution in [1.82, 2.24) is 9.91 Å². The predicted molar refractivity (Wildman–Crippen MR) is 105 cm³/mol. The maximum atomic E-state index is 13.7. The summed E-state index contributed by atoms with van der Waals surface area (Å²) in [7, 11) is 0. The van der Waals surface area contributed by atoms with Crippen LogP contribution in [0.15, 0.2) is 47.6 Å². The zero-order chi connectivity index (χ0) is 19.8. The lowest BCUT2D eigenvalue weighted by Gasteiger charge is -2.24. The monoisotopic (exact) mass is 395 g/mol. The average molecular weight is 395 g/mol. The number of likely N-dealkylation sites (tertiary alicyclic amines) is 1. The topological polar surface area (TPSA) is 54.4 Å². The average Bonchev–Trinajstić information content (AvgIpc) is 3.47. The van der Waals surface area contributed by atoms with Gasteiger partial charge in [0.25, 0.3) is 5.91 Å². The zero-order valence-electron chi connectivity index (χ0n) is 16.0. The lowest BCUT2D eigenvalue weighted by molar-refractivity contribution is -0.134. The van der Waals surface area contributed by atoms with Crippen molar-refractivity contribution in [2.24, 2.45) is 5.10 Å². The van der Waals surface area contributed by atoms with Gasteiger partial charge in [-0.3, -0.25) is 9.69 Å². The Labute approximate surface area is 168 Å². The van der Waals surface area contributed by atoms with Crippen molar-refractivity contribution in [3.8, 4) is 11.5 Å². The fourth-order valence-electron chi connectivity index (χ4n) is 4.17. The number of hydrazone groups is 1. The molecule has 0 radical (unpaired) electrons. The number of carbonyl (C=O) groups is 1. The van der Waals surface area contributed by atoms with Gasteiger partial charge in [0.1, 0.15) is 5.82 Å². The molecule has 2 aromatic rings. The largest absolute Gasteiger partial charge is 0.454 e. The van der Waals surface area contributed by atoms with E-state index in [1.54, 1.807) is 11.1 Å². The van der Waals surface area contributed by atoms with Crippen molar-refractivity contribution in [1.29, 1.82) is 0 Å². The van der Waals surface area contributed by atoms with Crippen LogP contribution in [0.2, 0.25) is 0 Å². The van der Waals surface area contributed by atoms with E-state index in [9.17, 15) is 9.18 Å². The minimum Gasteiger partial charge on any atom is -0.454 e. The standard InChI is InChI=1S/C22H22FN3O3/c23-17-5-3-4-15(10-17)18-12-19(16-6-7-20-21(11-16)29-14-28-20)26(24-18)22(27)13-25-8-1-2-9-25/h3-7,10-11,19H,1-2,8-9,12-14H2. The Hall–Kier alpha value is -2.93. The Bertz CT molecular complexity index is 972. The van der Waals surface area contributed by atoms with Crippen molar-refractivity contribution < 1.29 is 18.7 Å². The molecule has 0 saturated carbocycles. The van der Waals surface area contributed by atoms with Crippen LogP contribution in [0.3, 0.4) is 0 Å². The first-order chi connectivity index (χ1) is 14.2. The molecule has 29 heavy (non-hydrogen) atoms. The molecule has 1 atom stereocenters. The highest BCUT2D eigenvalue weighted by atomic mass is 19.1. The maximum Gasteiger partial charge on any atom is 0.257 e. The van der Waals surface area contributed by atoms with Crippen LogP contribution in [0, 0.1) is 5.82 Å². The number of nitrogens with zero attached hydrogens (tertiary/aromatic N) is 3. The number of halogens is 1. The molecule has 0 bridgehead atoms. The van der Waals surface area contributed by atoms with Crippen LogP contribution in [0.25, 0.3) is 0 Å². The molecular weight excluding hydrogens is 373 g/mol. The summed E-state index contributed by atoms with van der Waals surface area (Å²) in [5.74, 6) is 1.02. The third kappa shape index (κ3) is 3.58. The Morgan fingerprint density at radius 2 is 1.93 bits per heavy atom. The summed E-state index contributed by atoms with van der Waals surface area (Å²) in [5, 5.41) is 6.19. The summed E-state index contributed by atoms with van der Waals surface area (Å²) in [6.45, 7) is 2.43. The molecule has 2 aromatic carbocycles. The van der Waals surface area contributed by atoms with Crippen LogP contribution in [0.5, 0.6) is 11.5 Å². The number of hydrogen-bond acceptors (Lipinski definition) is 5. The van der Waals surface area contributed by atoms with Crippen molar-refractivity contribution in [2.75, 3.05) is 26.4 Å². The van der Waals surface area contributed by atoms with Gasteiger partial charge in [-0.1, -0.05) is 18.2 Å². The second-order valence-corrected chi connectivity index (χ2v) is 7.61. The highest BCUT2D eigenvalue weighted by Crippen LogP contribution is 2.39. The van der Waals surface area contributed by atoms with Crippen molar-refractivity contribution >= 4 is 11.6 Å². The fourth-order valence-corrected chi connectivity index (χ4v) is 4.17. The van der Waals surface area contributed by atoms with Crippen LogP contribution in [-0.2, 0) is 4.79 Å². The quantitative estimate of drug-likeness (QED) is 0.797. The number of amides is 1. The molecule has 3 aliphatic heterocycles. The molecule has 6 nitrogen and oxygen atoms in total. The summed E-state index contributed by atoms with van der Waals surface area (Å²) in [4.78, 5) is 15.3. The van der Waals surface area contributed by atoms with E-state index in [1.165, 1.54) is 12.1 Å². The maximum absolute atomic E-state index is 13.7. The van der Waals surface area contributed by atoms with E-state index in [0.717, 1.165) is 31.5 Å². The van der Waals surface area contributed by atoms with Gasteiger partial charge >= 0.3 is 0 Å². The first-order valence-corrected chi connectivity index (χ1v) is 9.95. The van der Waals surface area contributed by atoms with Gasteiger partial charge in [-0.15, -0.1) is 0 Å². The van der Waals surface area contributed by atoms with E-state index >= 15 is 0 Å². The molecule has 5 rings (SSSR count). The summed E-state index contributed by atoms with van der Waals surface area (Å²) in [5.41, 5.74) is 2.34. The summed E-state index contributed by atoms with van der Waals surface area (Å²) < 4.78 is 24.7. The Morgan fingerprint density at radius 1 is 1.10 bits per heavy atom. The Kier molecular flexibility index (Phi) is 4.67. The van der Waals surface area contributed by atoms with E-state index in [4.69, 9.17) is 9.47 Å². The number of fused-ring (bicyclic) bond motifs is 1. The lowest BCUT2D eigenvalue weighted by Crippen LogP contribution is -2.36. The Morgan fingerprint density at radius 3 is 2.76 bits per heavy atom. The summed E-state index contributed by atoms with van der Waals surface area (Å²) in [6.07, 6.45) is 2.77. The summed E-state index contributed by atoms with van der Waals surface area (Å²) in [6, 6.07) is 11.8. The van der Waals surface area contributed by atoms with Crippen LogP contribution in [0.1, 0.15) is 36.4 Å². The molecule has 0 aromatic heterocycles. The third-order valence-electron chi connectivity index (χ3n) is 5.66. The summed E-state index contributed by atoms with van der Waals surface area (Å²) >= 11 is 0. The molecule has 1 saturated heterocycles. The van der Waals surface area contributed by atoms with Gasteiger partial charge < -0.3 is 9.47 Å². The number of carbonyl (C=O) groups excluding carboxylic acids is 1. The molecule has 1 fully saturated rings. The predicted octanol–water partition coefficient (Wildman–Crippen LogP) is 3.33. The van der Waals surface area contributed by atoms with E-state index in [2.05, 4.69) is 10.0 Å². The molecule has 3 heterocycles. The van der Waals surface area contributed by atoms with E-state index in [0.29, 0.717) is 35.7 Å². The van der Waals surface area contributed by atoms with Gasteiger partial charge in [0, 0.05) is 12.0 Å². The first-order valence-electron chi connectivity index (χ1n) is 9.95. The molecule has 150 valence electrons. The molecule has 1 amide bonds. The molecule has 1 unspecified atom stereocenters. The normalized spacial score (nSPS) is 20.9. The van der Waals surface area contributed by atoms with Crippen LogP contribution in [-0.4, -0.2) is 48.0 Å². The van der Waals surface area contributed by atoms with Gasteiger partial charge in [-0.25, -0.2) is 9.40 Å². The van der Waals surface area contributed by atoms with E-state index in [-0.39, 0.29) is 24.6 Å². The van der Waals surface area contributed by atoms with Gasteiger partial charge in [0.05, 0.1) is 18.3 Å². The second-order valence-electron chi connectivity index (χ2n) is 7.61. The number of ether oxygens (including phenoxy) is 2. The molecular formula is C22H22FN3O3. The van der Waals surface area contributed by atoms with Crippen LogP contribution >= 0.6 is 0 Å². The van der Waals surface area contributed by atoms with Gasteiger partial charge in [-0.05, 0) is 55.8 Å². The lowest BCUT2D eigenvalue weighted by atomic mass is 9.98. The van der Waals surface area contributed by atoms with Crippen molar-refractivity contribution in [3.05, 3.63) is 59.4 Å². The number of benzene rings is 2. The molecule has 0 aliphatic carbocycles. The van der Waals surface area contributed by atoms with Gasteiger partial charge in [-0.2, -0.15) is 5.10 Å². The minimum atomic E-state index is -0.313. The SMILES string of the molecule is O=C(CN1CCCC1)N1N=C(c2cccc(F)c2)CC1c1ccc2c(c1)OCO2. The van der Waals surface area contributed by atoms with Gasteiger partial charge in [0.15, 0.2) is 11.5 Å². The number of hydrogen-bond donors (Lipinski definition) is 0. The molecule has 0 N–H and O–H groups in total. The zero-order valence-corrected chi connectivity index (χ0v) is 16.0. The highest BCUT2D eigenvalue weighted by Gasteiger charge is 2.35. The second kappa shape index (κ2) is 7.48. The molecule has 0 spiro atoms. The van der Waals surface area contributed by atoms with E-state index < -0.39 is 0 Å². The minimum absolute atomic E-state index is 0.0408. The molecule has 3 aliphatic rings. The Balaban J connectivity index is 1.46. The van der Waals surface area contributed by atoms with Crippen LogP contribution in [0.4, 0.5) is 4.39 Å². The highest BCUT2D eigenvalue weighted by molar-refractivity contribution is 6.03. The van der Waals surface area contributed by atoms with Crippen molar-refractivity contribution in [2.45, 2.75) is 25.3 Å². The number of rotatable bonds is 4.